The number of alkyl halides is 6. The summed E-state index contributed by atoms with van der Waals surface area (Å²) in [6.45, 7) is 0. The van der Waals surface area contributed by atoms with E-state index in [1.807, 2.05) is 0 Å². The van der Waals surface area contributed by atoms with Gasteiger partial charge in [0, 0.05) is 39.0 Å². The van der Waals surface area contributed by atoms with Gasteiger partial charge in [-0.25, -0.2) is 16.8 Å². The van der Waals surface area contributed by atoms with Crippen molar-refractivity contribution >= 4 is 20.2 Å². The first-order valence-electron chi connectivity index (χ1n) is 9.14. The van der Waals surface area contributed by atoms with Gasteiger partial charge >= 0.3 is 11.0 Å². The van der Waals surface area contributed by atoms with Crippen molar-refractivity contribution in [2.24, 2.45) is 0 Å². The van der Waals surface area contributed by atoms with Gasteiger partial charge < -0.3 is 31.0 Å². The van der Waals surface area contributed by atoms with Crippen LogP contribution in [0.3, 0.4) is 0 Å². The van der Waals surface area contributed by atoms with Gasteiger partial charge in [0.1, 0.15) is 0 Å². The molecule has 0 amide bonds. The normalized spacial score (nSPS) is 17.7. The maximum Gasteiger partial charge on any atom is 0.485 e. The molecule has 2 aliphatic rings. The van der Waals surface area contributed by atoms with Crippen LogP contribution in [0.1, 0.15) is 51.4 Å². The van der Waals surface area contributed by atoms with Gasteiger partial charge in [-0.2, -0.15) is 26.3 Å². The van der Waals surface area contributed by atoms with E-state index in [2.05, 4.69) is 48.6 Å². The molecule has 0 atom stereocenters. The fraction of sp³-hybridized carbons (Fsp3) is 0.556. The number of hydrogen-bond donors (Lipinski definition) is 0. The Bertz CT molecular complexity index is 721. The average molecular weight is 796 g/mol. The maximum absolute atomic E-state index is 10.7. The van der Waals surface area contributed by atoms with Gasteiger partial charge in [0.15, 0.2) is 20.2 Å². The van der Waals surface area contributed by atoms with Crippen LogP contribution >= 0.6 is 0 Å². The van der Waals surface area contributed by atoms with Gasteiger partial charge in [-0.3, -0.25) is 0 Å². The number of hydrogen-bond acceptors (Lipinski definition) is 6. The third-order valence-corrected chi connectivity index (χ3v) is 4.37. The molecule has 38 heavy (non-hydrogen) atoms. The van der Waals surface area contributed by atoms with E-state index in [9.17, 15) is 26.3 Å². The Morgan fingerprint density at radius 3 is 0.553 bits per heavy atom. The minimum atomic E-state index is -6.09. The Kier molecular flexibility index (Phi) is 44.4. The number of rotatable bonds is 0. The van der Waals surface area contributed by atoms with Crippen molar-refractivity contribution in [1.82, 2.24) is 0 Å². The predicted octanol–water partition coefficient (Wildman–Crippen LogP) is 1.76. The quantitative estimate of drug-likeness (QED) is 0.0882. The van der Waals surface area contributed by atoms with Gasteiger partial charge in [0.2, 0.25) is 0 Å². The van der Waals surface area contributed by atoms with Crippen LogP contribution in [0.2, 0.25) is 0 Å². The van der Waals surface area contributed by atoms with Crippen LogP contribution in [0.5, 0.6) is 0 Å². The fourth-order valence-electron chi connectivity index (χ4n) is 1.71. The molecular weight excluding hydrogens is 760 g/mol. The minimum Gasteiger partial charge on any atom is -0.741 e. The minimum absolute atomic E-state index is 0. The van der Waals surface area contributed by atoms with E-state index < -0.39 is 31.3 Å². The molecule has 0 aliphatic heterocycles. The molecule has 12 N–H and O–H groups in total. The first kappa shape index (κ1) is 57.4. The first-order chi connectivity index (χ1) is 14.5. The molecular formula is C18H36F6O10Rh2S2+2. The fourth-order valence-corrected chi connectivity index (χ4v) is 1.71. The molecule has 20 heteroatoms. The van der Waals surface area contributed by atoms with Gasteiger partial charge in [0.05, 0.1) is 0 Å². The maximum atomic E-state index is 10.7. The molecule has 2 radical (unpaired) electrons. The summed E-state index contributed by atoms with van der Waals surface area (Å²) in [7, 11) is -12.2. The van der Waals surface area contributed by atoms with Crippen molar-refractivity contribution in [3.8, 4) is 0 Å². The van der Waals surface area contributed by atoms with Crippen LogP contribution in [-0.2, 0) is 81.1 Å². The van der Waals surface area contributed by atoms with Gasteiger partial charge in [0.25, 0.3) is 0 Å². The van der Waals surface area contributed by atoms with Crippen LogP contribution in [0, 0.1) is 0 Å². The topological polar surface area (TPSA) is 246 Å². The van der Waals surface area contributed by atoms with E-state index in [4.69, 9.17) is 25.9 Å². The Labute approximate surface area is 243 Å². The first-order valence-corrected chi connectivity index (χ1v) is 12.0. The van der Waals surface area contributed by atoms with E-state index >= 15 is 0 Å². The van der Waals surface area contributed by atoms with E-state index in [1.54, 1.807) is 0 Å². The van der Waals surface area contributed by atoms with Crippen molar-refractivity contribution < 1.29 is 113 Å². The standard InChI is InChI=1S/2C8H12.2CHF3O3S.4H2O.2Rh/c2*1-2-4-6-8-7-5-3-1;2*2-1(3,4)8(5,6)7;;;;;;/h2*1-2,7-8H,3-6H2;2*(H,5,6,7);4*1H2;;/p+2/b2*2-1-,8-7-;;;;;;;;. The molecule has 2 rings (SSSR count). The SMILES string of the molecule is C1=C\CC/C=C\CC/1.C1=C\CC/C=C\CC/1.O=S(=O)([O-])C(F)(F)F.O=S(=O)([O-])C(F)(F)F.[OH3+].[OH3+].[OH3+].[OH3+].[Rh].[Rh]. The summed E-state index contributed by atoms with van der Waals surface area (Å²) >= 11 is 0. The smallest absolute Gasteiger partial charge is 0.485 e. The molecule has 10 nitrogen and oxygen atoms in total. The third-order valence-electron chi connectivity index (χ3n) is 3.23. The van der Waals surface area contributed by atoms with E-state index in [-0.39, 0.29) is 60.9 Å². The van der Waals surface area contributed by atoms with E-state index in [1.165, 1.54) is 51.4 Å². The predicted molar refractivity (Wildman–Crippen MR) is 124 cm³/mol. The zero-order valence-corrected chi connectivity index (χ0v) is 24.7. The van der Waals surface area contributed by atoms with Crippen LogP contribution in [-0.4, -0.2) is 37.0 Å². The summed E-state index contributed by atoms with van der Waals surface area (Å²) in [6, 6.07) is 0. The summed E-state index contributed by atoms with van der Waals surface area (Å²) in [6.07, 6.45) is 28.0. The number of halogens is 6. The van der Waals surface area contributed by atoms with E-state index in [0.29, 0.717) is 0 Å². The van der Waals surface area contributed by atoms with Crippen molar-refractivity contribution in [3.63, 3.8) is 0 Å². The van der Waals surface area contributed by atoms with Crippen molar-refractivity contribution in [2.45, 2.75) is 62.4 Å². The summed E-state index contributed by atoms with van der Waals surface area (Å²) < 4.78 is 118. The second-order valence-electron chi connectivity index (χ2n) is 5.99. The van der Waals surface area contributed by atoms with Crippen molar-refractivity contribution in [3.05, 3.63) is 48.6 Å². The van der Waals surface area contributed by atoms with Crippen LogP contribution in [0.4, 0.5) is 26.3 Å². The molecule has 0 saturated heterocycles. The largest absolute Gasteiger partial charge is 0.741 e. The second-order valence-corrected chi connectivity index (χ2v) is 8.74. The average Bonchev–Trinajstić information content (AvgIpc) is 2.51. The van der Waals surface area contributed by atoms with E-state index in [0.717, 1.165) is 0 Å². The van der Waals surface area contributed by atoms with Gasteiger partial charge in [-0.05, 0) is 51.4 Å². The molecule has 0 heterocycles. The molecule has 0 spiro atoms. The van der Waals surface area contributed by atoms with Gasteiger partial charge in [-0.1, -0.05) is 48.6 Å². The molecule has 0 saturated carbocycles. The van der Waals surface area contributed by atoms with Crippen LogP contribution < -0.4 is 0 Å². The van der Waals surface area contributed by atoms with Crippen LogP contribution in [0.25, 0.3) is 0 Å². The second kappa shape index (κ2) is 29.4. The Balaban J connectivity index is -0.0000000500. The summed E-state index contributed by atoms with van der Waals surface area (Å²) in [5.41, 5.74) is -11.3. The molecule has 0 aromatic rings. The van der Waals surface area contributed by atoms with Crippen molar-refractivity contribution in [1.29, 1.82) is 0 Å². The molecule has 0 aromatic heterocycles. The molecule has 0 bridgehead atoms. The zero-order valence-electron chi connectivity index (χ0n) is 19.8. The monoisotopic (exact) mass is 796 g/mol. The van der Waals surface area contributed by atoms with Crippen molar-refractivity contribution in [2.75, 3.05) is 0 Å². The molecule has 0 aromatic carbocycles. The van der Waals surface area contributed by atoms with Crippen LogP contribution in [0.15, 0.2) is 48.6 Å². The third kappa shape index (κ3) is 37.6. The Morgan fingerprint density at radius 1 is 0.421 bits per heavy atom. The molecule has 238 valence electrons. The Hall–Kier alpha value is -0.553. The Morgan fingerprint density at radius 2 is 0.500 bits per heavy atom. The molecule has 2 aliphatic carbocycles. The summed E-state index contributed by atoms with van der Waals surface area (Å²) in [5, 5.41) is 0. The zero-order chi connectivity index (χ0) is 25.3. The summed E-state index contributed by atoms with van der Waals surface area (Å²) in [4.78, 5) is 0. The van der Waals surface area contributed by atoms with Gasteiger partial charge in [-0.15, -0.1) is 0 Å². The number of allylic oxidation sites excluding steroid dienone is 8. The summed E-state index contributed by atoms with van der Waals surface area (Å²) in [5.74, 6) is 0. The molecule has 0 unspecified atom stereocenters. The molecule has 0 fully saturated rings.